The van der Waals surface area contributed by atoms with E-state index in [1.54, 1.807) is 0 Å². The lowest BCUT2D eigenvalue weighted by Crippen LogP contribution is -2.47. The van der Waals surface area contributed by atoms with Crippen molar-refractivity contribution in [2.45, 2.75) is 72.8 Å². The quantitative estimate of drug-likeness (QED) is 0.719. The van der Waals surface area contributed by atoms with E-state index in [0.29, 0.717) is 11.5 Å². The molecule has 1 unspecified atom stereocenters. The highest BCUT2D eigenvalue weighted by molar-refractivity contribution is 4.89. The van der Waals surface area contributed by atoms with Crippen LogP contribution in [0.1, 0.15) is 66.7 Å². The molecular weight excluding hydrogens is 244 g/mol. The van der Waals surface area contributed by atoms with E-state index in [1.807, 2.05) is 0 Å². The van der Waals surface area contributed by atoms with Crippen molar-refractivity contribution in [3.05, 3.63) is 0 Å². The Balaban J connectivity index is 2.57. The van der Waals surface area contributed by atoms with E-state index in [2.05, 4.69) is 51.9 Å². The lowest BCUT2D eigenvalue weighted by atomic mass is 9.70. The van der Waals surface area contributed by atoms with Crippen molar-refractivity contribution in [1.29, 1.82) is 0 Å². The maximum Gasteiger partial charge on any atom is 0.00472 e. The molecule has 1 N–H and O–H groups in total. The third kappa shape index (κ3) is 6.13. The Morgan fingerprint density at radius 3 is 2.30 bits per heavy atom. The molecule has 0 amide bonds. The molecule has 0 aromatic carbocycles. The molecule has 20 heavy (non-hydrogen) atoms. The highest BCUT2D eigenvalue weighted by atomic mass is 15.1. The van der Waals surface area contributed by atoms with Gasteiger partial charge < -0.3 is 10.2 Å². The molecule has 2 heteroatoms. The molecule has 0 spiro atoms. The molecule has 1 atom stereocenters. The third-order valence-corrected chi connectivity index (χ3v) is 5.15. The van der Waals surface area contributed by atoms with Crippen LogP contribution in [0.4, 0.5) is 0 Å². The summed E-state index contributed by atoms with van der Waals surface area (Å²) in [7, 11) is 2.32. The number of rotatable bonds is 8. The molecule has 0 aromatic heterocycles. The molecular formula is C18H38N2. The van der Waals surface area contributed by atoms with Crippen LogP contribution in [-0.2, 0) is 0 Å². The monoisotopic (exact) mass is 282 g/mol. The maximum absolute atomic E-state index is 3.72. The maximum atomic E-state index is 3.72. The lowest BCUT2D eigenvalue weighted by molar-refractivity contribution is 0.0902. The summed E-state index contributed by atoms with van der Waals surface area (Å²) in [5.41, 5.74) is 0.513. The SMILES string of the molecule is CCC(C)CN(C)CC1(CNC(C)C)CCC(C)CC1. The van der Waals surface area contributed by atoms with Crippen molar-refractivity contribution in [2.24, 2.45) is 17.3 Å². The zero-order chi connectivity index (χ0) is 15.2. The van der Waals surface area contributed by atoms with Gasteiger partial charge in [-0.3, -0.25) is 0 Å². The van der Waals surface area contributed by atoms with Crippen LogP contribution in [0.15, 0.2) is 0 Å². The second-order valence-corrected chi connectivity index (χ2v) is 7.93. The van der Waals surface area contributed by atoms with Crippen molar-refractivity contribution >= 4 is 0 Å². The van der Waals surface area contributed by atoms with Crippen LogP contribution in [0.3, 0.4) is 0 Å². The number of nitrogens with zero attached hydrogens (tertiary/aromatic N) is 1. The molecule has 1 aliphatic carbocycles. The average molecular weight is 283 g/mol. The number of hydrogen-bond donors (Lipinski definition) is 1. The van der Waals surface area contributed by atoms with E-state index in [-0.39, 0.29) is 0 Å². The zero-order valence-corrected chi connectivity index (χ0v) is 14.8. The Kier molecular flexibility index (Phi) is 7.53. The van der Waals surface area contributed by atoms with E-state index >= 15 is 0 Å². The molecule has 120 valence electrons. The molecule has 1 rings (SSSR count). The van der Waals surface area contributed by atoms with Gasteiger partial charge >= 0.3 is 0 Å². The van der Waals surface area contributed by atoms with Gasteiger partial charge in [0, 0.05) is 25.7 Å². The molecule has 1 fully saturated rings. The van der Waals surface area contributed by atoms with Gasteiger partial charge in [-0.05, 0) is 37.1 Å². The minimum Gasteiger partial charge on any atom is -0.314 e. The fourth-order valence-corrected chi connectivity index (χ4v) is 3.48. The molecule has 0 aromatic rings. The van der Waals surface area contributed by atoms with Crippen molar-refractivity contribution < 1.29 is 0 Å². The highest BCUT2D eigenvalue weighted by Crippen LogP contribution is 2.39. The van der Waals surface area contributed by atoms with Crippen molar-refractivity contribution in [2.75, 3.05) is 26.7 Å². The molecule has 0 heterocycles. The van der Waals surface area contributed by atoms with Gasteiger partial charge in [0.1, 0.15) is 0 Å². The summed E-state index contributed by atoms with van der Waals surface area (Å²) in [5, 5.41) is 3.72. The first kappa shape index (κ1) is 18.0. The van der Waals surface area contributed by atoms with Gasteiger partial charge in [-0.15, -0.1) is 0 Å². The van der Waals surface area contributed by atoms with Crippen LogP contribution in [-0.4, -0.2) is 37.6 Å². The Bertz CT molecular complexity index is 254. The number of nitrogens with one attached hydrogen (secondary N) is 1. The highest BCUT2D eigenvalue weighted by Gasteiger charge is 2.35. The molecule has 2 nitrogen and oxygen atoms in total. The third-order valence-electron chi connectivity index (χ3n) is 5.15. The Morgan fingerprint density at radius 2 is 1.80 bits per heavy atom. The molecule has 1 saturated carbocycles. The number of hydrogen-bond acceptors (Lipinski definition) is 2. The summed E-state index contributed by atoms with van der Waals surface area (Å²) in [6, 6.07) is 0.603. The van der Waals surface area contributed by atoms with Crippen LogP contribution in [0.2, 0.25) is 0 Å². The van der Waals surface area contributed by atoms with E-state index in [4.69, 9.17) is 0 Å². The first-order valence-corrected chi connectivity index (χ1v) is 8.79. The normalized spacial score (nSPS) is 29.1. The van der Waals surface area contributed by atoms with E-state index in [1.165, 1.54) is 51.7 Å². The molecule has 0 aliphatic heterocycles. The van der Waals surface area contributed by atoms with Crippen LogP contribution >= 0.6 is 0 Å². The average Bonchev–Trinajstić information content (AvgIpc) is 2.39. The van der Waals surface area contributed by atoms with Gasteiger partial charge in [-0.1, -0.05) is 53.9 Å². The van der Waals surface area contributed by atoms with Crippen molar-refractivity contribution in [3.63, 3.8) is 0 Å². The van der Waals surface area contributed by atoms with Gasteiger partial charge in [0.15, 0.2) is 0 Å². The summed E-state index contributed by atoms with van der Waals surface area (Å²) < 4.78 is 0. The predicted octanol–water partition coefficient (Wildman–Crippen LogP) is 4.16. The van der Waals surface area contributed by atoms with Crippen LogP contribution < -0.4 is 5.32 Å². The second-order valence-electron chi connectivity index (χ2n) is 7.93. The largest absolute Gasteiger partial charge is 0.314 e. The zero-order valence-electron chi connectivity index (χ0n) is 14.8. The first-order valence-electron chi connectivity index (χ1n) is 8.79. The standard InChI is InChI=1S/C18H38N2/c1-7-16(4)12-20(6)14-18(13-19-15(2)3)10-8-17(5)9-11-18/h15-17,19H,7-14H2,1-6H3. The molecule has 0 bridgehead atoms. The van der Waals surface area contributed by atoms with Crippen LogP contribution in [0, 0.1) is 17.3 Å². The first-order chi connectivity index (χ1) is 9.37. The van der Waals surface area contributed by atoms with Gasteiger partial charge in [0.2, 0.25) is 0 Å². The van der Waals surface area contributed by atoms with E-state index in [9.17, 15) is 0 Å². The van der Waals surface area contributed by atoms with Crippen molar-refractivity contribution in [1.82, 2.24) is 10.2 Å². The summed E-state index contributed by atoms with van der Waals surface area (Å²) >= 11 is 0. The molecule has 0 radical (unpaired) electrons. The summed E-state index contributed by atoms with van der Waals surface area (Å²) in [6.45, 7) is 15.3. The summed E-state index contributed by atoms with van der Waals surface area (Å²) in [4.78, 5) is 2.59. The fraction of sp³-hybridized carbons (Fsp3) is 1.00. The Hall–Kier alpha value is -0.0800. The Labute approximate surface area is 127 Å². The summed E-state index contributed by atoms with van der Waals surface area (Å²) in [6.07, 6.45) is 6.92. The van der Waals surface area contributed by atoms with E-state index < -0.39 is 0 Å². The van der Waals surface area contributed by atoms with Crippen molar-refractivity contribution in [3.8, 4) is 0 Å². The predicted molar refractivity (Wildman–Crippen MR) is 90.2 cm³/mol. The van der Waals surface area contributed by atoms with Gasteiger partial charge in [-0.2, -0.15) is 0 Å². The molecule has 0 saturated heterocycles. The van der Waals surface area contributed by atoms with E-state index in [0.717, 1.165) is 11.8 Å². The minimum atomic E-state index is 0.513. The minimum absolute atomic E-state index is 0.513. The van der Waals surface area contributed by atoms with Gasteiger partial charge in [0.05, 0.1) is 0 Å². The topological polar surface area (TPSA) is 15.3 Å². The molecule has 1 aliphatic rings. The Morgan fingerprint density at radius 1 is 1.20 bits per heavy atom. The van der Waals surface area contributed by atoms with Crippen LogP contribution in [0.5, 0.6) is 0 Å². The smallest absolute Gasteiger partial charge is 0.00472 e. The van der Waals surface area contributed by atoms with Crippen LogP contribution in [0.25, 0.3) is 0 Å². The lowest BCUT2D eigenvalue weighted by Gasteiger charge is -2.43. The second kappa shape index (κ2) is 8.38. The van der Waals surface area contributed by atoms with Gasteiger partial charge in [0.25, 0.3) is 0 Å². The summed E-state index contributed by atoms with van der Waals surface area (Å²) in [5.74, 6) is 1.75. The van der Waals surface area contributed by atoms with Gasteiger partial charge in [-0.25, -0.2) is 0 Å². The fourth-order valence-electron chi connectivity index (χ4n) is 3.48.